The Morgan fingerprint density at radius 2 is 2.08 bits per heavy atom. The van der Waals surface area contributed by atoms with Gasteiger partial charge in [0.25, 0.3) is 0 Å². The molecule has 0 bridgehead atoms. The first-order valence-corrected chi connectivity index (χ1v) is 8.02. The van der Waals surface area contributed by atoms with Gasteiger partial charge in [0.15, 0.2) is 11.5 Å². The third-order valence-corrected chi connectivity index (χ3v) is 3.66. The second kappa shape index (κ2) is 9.53. The average molecular weight is 325 g/mol. The minimum absolute atomic E-state index is 0.493. The highest BCUT2D eigenvalue weighted by molar-refractivity contribution is 5.43. The third kappa shape index (κ3) is 5.25. The van der Waals surface area contributed by atoms with Crippen LogP contribution in [0.25, 0.3) is 0 Å². The minimum Gasteiger partial charge on any atom is -0.493 e. The van der Waals surface area contributed by atoms with Crippen LogP contribution in [-0.4, -0.2) is 18.7 Å². The standard InChI is InChI=1S/C19H23N3O2/c1-15-6-5-10-22-17(15)14-21-13-16-7-8-18(23-2)19(12-16)24-11-4-3-9-20/h5-8,10,12,21H,3-4,11,13-14H2,1-2H3. The summed E-state index contributed by atoms with van der Waals surface area (Å²) in [6.07, 6.45) is 3.01. The second-order valence-corrected chi connectivity index (χ2v) is 5.47. The number of nitrogens with zero attached hydrogens (tertiary/aromatic N) is 2. The van der Waals surface area contributed by atoms with Crippen molar-refractivity contribution in [1.29, 1.82) is 5.26 Å². The Balaban J connectivity index is 1.92. The summed E-state index contributed by atoms with van der Waals surface area (Å²) >= 11 is 0. The van der Waals surface area contributed by atoms with Gasteiger partial charge in [0.05, 0.1) is 25.5 Å². The molecule has 0 amide bonds. The van der Waals surface area contributed by atoms with Crippen LogP contribution in [0.5, 0.6) is 11.5 Å². The van der Waals surface area contributed by atoms with Crippen LogP contribution in [-0.2, 0) is 13.1 Å². The summed E-state index contributed by atoms with van der Waals surface area (Å²) in [6.45, 7) is 4.00. The highest BCUT2D eigenvalue weighted by Gasteiger charge is 2.06. The molecular formula is C19H23N3O2. The van der Waals surface area contributed by atoms with E-state index in [9.17, 15) is 0 Å². The molecule has 5 nitrogen and oxygen atoms in total. The summed E-state index contributed by atoms with van der Waals surface area (Å²) in [5.74, 6) is 1.42. The summed E-state index contributed by atoms with van der Waals surface area (Å²) in [6, 6.07) is 12.0. The van der Waals surface area contributed by atoms with Gasteiger partial charge in [-0.1, -0.05) is 12.1 Å². The first kappa shape index (κ1) is 17.8. The predicted molar refractivity (Wildman–Crippen MR) is 92.9 cm³/mol. The van der Waals surface area contributed by atoms with E-state index in [4.69, 9.17) is 14.7 Å². The van der Waals surface area contributed by atoms with E-state index in [-0.39, 0.29) is 0 Å². The van der Waals surface area contributed by atoms with Gasteiger partial charge >= 0.3 is 0 Å². The molecule has 2 rings (SSSR count). The molecule has 0 radical (unpaired) electrons. The zero-order valence-electron chi connectivity index (χ0n) is 14.2. The minimum atomic E-state index is 0.493. The van der Waals surface area contributed by atoms with Crippen LogP contribution < -0.4 is 14.8 Å². The van der Waals surface area contributed by atoms with Crippen LogP contribution in [0, 0.1) is 18.3 Å². The maximum atomic E-state index is 8.58. The van der Waals surface area contributed by atoms with Crippen LogP contribution in [0.1, 0.15) is 29.7 Å². The van der Waals surface area contributed by atoms with Crippen molar-refractivity contribution in [3.63, 3.8) is 0 Å². The number of nitriles is 1. The van der Waals surface area contributed by atoms with Gasteiger partial charge in [-0.05, 0) is 42.7 Å². The first-order valence-electron chi connectivity index (χ1n) is 8.02. The summed E-state index contributed by atoms with van der Waals surface area (Å²) < 4.78 is 11.1. The molecule has 2 aromatic rings. The van der Waals surface area contributed by atoms with Crippen molar-refractivity contribution in [2.24, 2.45) is 0 Å². The SMILES string of the molecule is COc1ccc(CNCc2ncccc2C)cc1OCCCC#N. The van der Waals surface area contributed by atoms with Crippen LogP contribution >= 0.6 is 0 Å². The fourth-order valence-electron chi connectivity index (χ4n) is 2.31. The van der Waals surface area contributed by atoms with E-state index in [1.807, 2.05) is 30.5 Å². The summed E-state index contributed by atoms with van der Waals surface area (Å²) in [5, 5.41) is 12.0. The molecule has 1 heterocycles. The first-order chi connectivity index (χ1) is 11.7. The van der Waals surface area contributed by atoms with Crippen LogP contribution in [0.15, 0.2) is 36.5 Å². The number of hydrogen-bond donors (Lipinski definition) is 1. The monoisotopic (exact) mass is 325 g/mol. The zero-order chi connectivity index (χ0) is 17.2. The van der Waals surface area contributed by atoms with Gasteiger partial charge in [0, 0.05) is 25.7 Å². The van der Waals surface area contributed by atoms with E-state index >= 15 is 0 Å². The van der Waals surface area contributed by atoms with Crippen LogP contribution in [0.4, 0.5) is 0 Å². The van der Waals surface area contributed by atoms with Crippen molar-refractivity contribution >= 4 is 0 Å². The van der Waals surface area contributed by atoms with Gasteiger partial charge < -0.3 is 14.8 Å². The zero-order valence-corrected chi connectivity index (χ0v) is 14.2. The number of rotatable bonds is 9. The molecule has 0 spiro atoms. The number of nitrogens with one attached hydrogen (secondary N) is 1. The Morgan fingerprint density at radius 3 is 2.83 bits per heavy atom. The normalized spacial score (nSPS) is 10.2. The number of hydrogen-bond acceptors (Lipinski definition) is 5. The quantitative estimate of drug-likeness (QED) is 0.716. The molecule has 5 heteroatoms. The number of unbranched alkanes of at least 4 members (excludes halogenated alkanes) is 1. The number of methoxy groups -OCH3 is 1. The molecule has 0 aliphatic carbocycles. The van der Waals surface area contributed by atoms with Crippen LogP contribution in [0.3, 0.4) is 0 Å². The molecule has 1 aromatic heterocycles. The van der Waals surface area contributed by atoms with Crippen molar-refractivity contribution in [2.45, 2.75) is 32.9 Å². The fraction of sp³-hybridized carbons (Fsp3) is 0.368. The molecule has 0 unspecified atom stereocenters. The molecule has 0 fully saturated rings. The lowest BCUT2D eigenvalue weighted by Crippen LogP contribution is -2.14. The van der Waals surface area contributed by atoms with E-state index < -0.39 is 0 Å². The van der Waals surface area contributed by atoms with Gasteiger partial charge in [-0.15, -0.1) is 0 Å². The Kier molecular flexibility index (Phi) is 7.06. The lowest BCUT2D eigenvalue weighted by Gasteiger charge is -2.12. The Bertz CT molecular complexity index is 695. The van der Waals surface area contributed by atoms with Crippen molar-refractivity contribution < 1.29 is 9.47 Å². The Labute approximate surface area is 143 Å². The summed E-state index contributed by atoms with van der Waals surface area (Å²) in [5.41, 5.74) is 3.35. The summed E-state index contributed by atoms with van der Waals surface area (Å²) in [4.78, 5) is 4.38. The van der Waals surface area contributed by atoms with Gasteiger partial charge in [0.1, 0.15) is 0 Å². The molecule has 24 heavy (non-hydrogen) atoms. The van der Waals surface area contributed by atoms with E-state index in [1.165, 1.54) is 5.56 Å². The fourth-order valence-corrected chi connectivity index (χ4v) is 2.31. The Hall–Kier alpha value is -2.58. The number of pyridine rings is 1. The molecule has 0 aliphatic heterocycles. The highest BCUT2D eigenvalue weighted by atomic mass is 16.5. The van der Waals surface area contributed by atoms with Gasteiger partial charge in [0.2, 0.25) is 0 Å². The van der Waals surface area contributed by atoms with Crippen molar-refractivity contribution in [2.75, 3.05) is 13.7 Å². The topological polar surface area (TPSA) is 67.2 Å². The largest absolute Gasteiger partial charge is 0.493 e. The van der Waals surface area contributed by atoms with E-state index in [0.717, 1.165) is 17.8 Å². The maximum Gasteiger partial charge on any atom is 0.161 e. The number of ether oxygens (including phenoxy) is 2. The molecule has 0 aliphatic rings. The highest BCUT2D eigenvalue weighted by Crippen LogP contribution is 2.28. The molecule has 0 atom stereocenters. The van der Waals surface area contributed by atoms with Crippen molar-refractivity contribution in [3.05, 3.63) is 53.3 Å². The lowest BCUT2D eigenvalue weighted by atomic mass is 10.2. The van der Waals surface area contributed by atoms with Crippen molar-refractivity contribution in [1.82, 2.24) is 10.3 Å². The van der Waals surface area contributed by atoms with Gasteiger partial charge in [-0.25, -0.2) is 0 Å². The number of aryl methyl sites for hydroxylation is 1. The summed E-state index contributed by atoms with van der Waals surface area (Å²) in [7, 11) is 1.62. The second-order valence-electron chi connectivity index (χ2n) is 5.47. The Morgan fingerprint density at radius 1 is 1.21 bits per heavy atom. The average Bonchev–Trinajstić information content (AvgIpc) is 2.60. The lowest BCUT2D eigenvalue weighted by molar-refractivity contribution is 0.290. The molecule has 126 valence electrons. The molecule has 0 saturated carbocycles. The van der Waals surface area contributed by atoms with Gasteiger partial charge in [-0.3, -0.25) is 4.98 Å². The predicted octanol–water partition coefficient (Wildman–Crippen LogP) is 3.37. The number of aromatic nitrogens is 1. The van der Waals surface area contributed by atoms with Gasteiger partial charge in [-0.2, -0.15) is 5.26 Å². The van der Waals surface area contributed by atoms with E-state index in [1.54, 1.807) is 7.11 Å². The molecule has 1 N–H and O–H groups in total. The third-order valence-electron chi connectivity index (χ3n) is 3.66. The maximum absolute atomic E-state index is 8.58. The number of benzene rings is 1. The molecule has 1 aromatic carbocycles. The van der Waals surface area contributed by atoms with E-state index in [0.29, 0.717) is 37.5 Å². The van der Waals surface area contributed by atoms with Crippen LogP contribution in [0.2, 0.25) is 0 Å². The van der Waals surface area contributed by atoms with E-state index in [2.05, 4.69) is 29.4 Å². The molecule has 0 saturated heterocycles. The van der Waals surface area contributed by atoms with Crippen molar-refractivity contribution in [3.8, 4) is 17.6 Å². The molecular weight excluding hydrogens is 302 g/mol. The smallest absolute Gasteiger partial charge is 0.161 e.